The second kappa shape index (κ2) is 4.23. The Kier molecular flexibility index (Phi) is 2.69. The summed E-state index contributed by atoms with van der Waals surface area (Å²) in [5.74, 6) is 0.318. The van der Waals surface area contributed by atoms with Crippen molar-refractivity contribution in [1.82, 2.24) is 14.6 Å². The van der Waals surface area contributed by atoms with Gasteiger partial charge in [-0.3, -0.25) is 9.89 Å². The fourth-order valence-corrected chi connectivity index (χ4v) is 2.70. The number of rotatable bonds is 1. The third kappa shape index (κ3) is 1.94. The molecule has 0 saturated heterocycles. The van der Waals surface area contributed by atoms with Crippen LogP contribution in [0.25, 0.3) is 5.65 Å². The van der Waals surface area contributed by atoms with Crippen LogP contribution in [0.2, 0.25) is 0 Å². The van der Waals surface area contributed by atoms with Crippen LogP contribution in [0.4, 0.5) is 4.39 Å². The van der Waals surface area contributed by atoms with Crippen LogP contribution in [0.3, 0.4) is 0 Å². The Bertz CT molecular complexity index is 623. The van der Waals surface area contributed by atoms with Gasteiger partial charge in [0.1, 0.15) is 6.17 Å². The number of aromatic amines is 1. The quantitative estimate of drug-likeness (QED) is 0.843. The third-order valence-electron chi connectivity index (χ3n) is 3.69. The molecule has 5 heteroatoms. The fraction of sp³-hybridized carbons (Fsp3) is 0.538. The Morgan fingerprint density at radius 1 is 1.33 bits per heavy atom. The summed E-state index contributed by atoms with van der Waals surface area (Å²) in [6.07, 6.45) is 2.24. The highest BCUT2D eigenvalue weighted by Crippen LogP contribution is 2.33. The number of aromatic nitrogens is 3. The van der Waals surface area contributed by atoms with E-state index in [9.17, 15) is 9.18 Å². The summed E-state index contributed by atoms with van der Waals surface area (Å²) in [5, 5.41) is 3.09. The van der Waals surface area contributed by atoms with Crippen LogP contribution in [0.15, 0.2) is 16.9 Å². The van der Waals surface area contributed by atoms with Crippen LogP contribution in [0, 0.1) is 6.92 Å². The van der Waals surface area contributed by atoms with Gasteiger partial charge < -0.3 is 0 Å². The van der Waals surface area contributed by atoms with Crippen LogP contribution < -0.4 is 5.56 Å². The highest BCUT2D eigenvalue weighted by atomic mass is 19.1. The van der Waals surface area contributed by atoms with Crippen LogP contribution in [0.1, 0.15) is 43.0 Å². The summed E-state index contributed by atoms with van der Waals surface area (Å²) in [6.45, 7) is 1.81. The van der Waals surface area contributed by atoms with Crippen molar-refractivity contribution in [3.63, 3.8) is 0 Å². The molecule has 1 aliphatic carbocycles. The number of nitrogens with one attached hydrogen (secondary N) is 1. The molecular weight excluding hydrogens is 233 g/mol. The molecule has 2 aromatic rings. The number of halogens is 1. The number of alkyl halides is 1. The van der Waals surface area contributed by atoms with E-state index >= 15 is 0 Å². The number of fused-ring (bicyclic) bond motifs is 1. The summed E-state index contributed by atoms with van der Waals surface area (Å²) in [6, 6.07) is 3.42. The Hall–Kier alpha value is -1.65. The minimum Gasteiger partial charge on any atom is -0.293 e. The molecule has 2 heterocycles. The Balaban J connectivity index is 1.98. The molecule has 0 atom stereocenters. The first-order chi connectivity index (χ1) is 8.63. The SMILES string of the molecule is Cc1cc(=O)n2[nH]c(C3CCC(F)CC3)cc2n1. The zero-order valence-corrected chi connectivity index (χ0v) is 10.3. The minimum absolute atomic E-state index is 0.0945. The van der Waals surface area contributed by atoms with Gasteiger partial charge in [-0.25, -0.2) is 13.9 Å². The second-order valence-electron chi connectivity index (χ2n) is 5.09. The molecular formula is C13H16FN3O. The summed E-state index contributed by atoms with van der Waals surface area (Å²) in [4.78, 5) is 16.1. The van der Waals surface area contributed by atoms with E-state index in [1.54, 1.807) is 0 Å². The van der Waals surface area contributed by atoms with Crippen molar-refractivity contribution in [2.75, 3.05) is 0 Å². The van der Waals surface area contributed by atoms with Crippen molar-refractivity contribution in [2.45, 2.75) is 44.7 Å². The molecule has 0 aliphatic heterocycles. The zero-order valence-electron chi connectivity index (χ0n) is 10.3. The van der Waals surface area contributed by atoms with Gasteiger partial charge in [0.2, 0.25) is 0 Å². The predicted octanol–water partition coefficient (Wildman–Crippen LogP) is 2.33. The largest absolute Gasteiger partial charge is 0.293 e. The average Bonchev–Trinajstić information content (AvgIpc) is 2.74. The van der Waals surface area contributed by atoms with E-state index in [0.29, 0.717) is 24.4 Å². The maximum absolute atomic E-state index is 13.1. The van der Waals surface area contributed by atoms with E-state index in [4.69, 9.17) is 0 Å². The van der Waals surface area contributed by atoms with E-state index < -0.39 is 6.17 Å². The van der Waals surface area contributed by atoms with E-state index in [-0.39, 0.29) is 5.56 Å². The molecule has 0 spiro atoms. The van der Waals surface area contributed by atoms with Crippen LogP contribution >= 0.6 is 0 Å². The van der Waals surface area contributed by atoms with Crippen LogP contribution in [-0.2, 0) is 0 Å². The molecule has 1 saturated carbocycles. The molecule has 1 aliphatic rings. The van der Waals surface area contributed by atoms with Gasteiger partial charge in [-0.05, 0) is 32.6 Å². The Morgan fingerprint density at radius 3 is 2.78 bits per heavy atom. The minimum atomic E-state index is -0.659. The summed E-state index contributed by atoms with van der Waals surface area (Å²) >= 11 is 0. The van der Waals surface area contributed by atoms with E-state index in [1.807, 2.05) is 13.0 Å². The van der Waals surface area contributed by atoms with Gasteiger partial charge in [0.25, 0.3) is 5.56 Å². The maximum atomic E-state index is 13.1. The number of hydrogen-bond donors (Lipinski definition) is 1. The van der Waals surface area contributed by atoms with Crippen LogP contribution in [0.5, 0.6) is 0 Å². The summed E-state index contributed by atoms with van der Waals surface area (Å²) in [5.41, 5.74) is 2.27. The lowest BCUT2D eigenvalue weighted by Crippen LogP contribution is -2.16. The molecule has 4 nitrogen and oxygen atoms in total. The first-order valence-corrected chi connectivity index (χ1v) is 6.37. The molecule has 3 rings (SSSR count). The predicted molar refractivity (Wildman–Crippen MR) is 66.7 cm³/mol. The number of aryl methyl sites for hydroxylation is 1. The molecule has 1 fully saturated rings. The van der Waals surface area contributed by atoms with Gasteiger partial charge >= 0.3 is 0 Å². The molecule has 0 unspecified atom stereocenters. The zero-order chi connectivity index (χ0) is 12.7. The number of hydrogen-bond acceptors (Lipinski definition) is 2. The van der Waals surface area contributed by atoms with Crippen molar-refractivity contribution in [1.29, 1.82) is 0 Å². The molecule has 0 amide bonds. The first-order valence-electron chi connectivity index (χ1n) is 6.37. The number of nitrogens with zero attached hydrogens (tertiary/aromatic N) is 2. The normalized spacial score (nSPS) is 24.6. The standard InChI is InChI=1S/C13H16FN3O/c1-8-6-13(18)17-12(15-8)7-11(16-17)9-2-4-10(14)5-3-9/h6-7,9-10,16H,2-5H2,1H3. The molecule has 0 bridgehead atoms. The lowest BCUT2D eigenvalue weighted by atomic mass is 9.86. The summed E-state index contributed by atoms with van der Waals surface area (Å²) < 4.78 is 14.6. The lowest BCUT2D eigenvalue weighted by Gasteiger charge is -2.22. The maximum Gasteiger partial charge on any atom is 0.272 e. The Labute approximate surface area is 104 Å². The van der Waals surface area contributed by atoms with Crippen molar-refractivity contribution in [3.05, 3.63) is 33.9 Å². The van der Waals surface area contributed by atoms with Gasteiger partial charge in [-0.15, -0.1) is 0 Å². The third-order valence-corrected chi connectivity index (χ3v) is 3.69. The molecule has 96 valence electrons. The van der Waals surface area contributed by atoms with Gasteiger partial charge in [0.05, 0.1) is 0 Å². The molecule has 1 N–H and O–H groups in total. The summed E-state index contributed by atoms with van der Waals surface area (Å²) in [7, 11) is 0. The molecule has 2 aromatic heterocycles. The van der Waals surface area contributed by atoms with Gasteiger partial charge in [0, 0.05) is 29.4 Å². The average molecular weight is 249 g/mol. The Morgan fingerprint density at radius 2 is 2.06 bits per heavy atom. The molecule has 0 aromatic carbocycles. The monoisotopic (exact) mass is 249 g/mol. The topological polar surface area (TPSA) is 50.2 Å². The first kappa shape index (κ1) is 11.4. The highest BCUT2D eigenvalue weighted by molar-refractivity contribution is 5.40. The van der Waals surface area contributed by atoms with Crippen molar-refractivity contribution in [3.8, 4) is 0 Å². The lowest BCUT2D eigenvalue weighted by molar-refractivity contribution is 0.233. The van der Waals surface area contributed by atoms with Gasteiger partial charge in [-0.2, -0.15) is 0 Å². The smallest absolute Gasteiger partial charge is 0.272 e. The van der Waals surface area contributed by atoms with E-state index in [0.717, 1.165) is 24.2 Å². The second-order valence-corrected chi connectivity index (χ2v) is 5.09. The molecule has 18 heavy (non-hydrogen) atoms. The van der Waals surface area contributed by atoms with Crippen molar-refractivity contribution >= 4 is 5.65 Å². The highest BCUT2D eigenvalue weighted by Gasteiger charge is 2.23. The van der Waals surface area contributed by atoms with Gasteiger partial charge in [-0.1, -0.05) is 0 Å². The fourth-order valence-electron chi connectivity index (χ4n) is 2.70. The van der Waals surface area contributed by atoms with Crippen LogP contribution in [-0.4, -0.2) is 20.8 Å². The van der Waals surface area contributed by atoms with Gasteiger partial charge in [0.15, 0.2) is 5.65 Å². The van der Waals surface area contributed by atoms with Crippen molar-refractivity contribution in [2.24, 2.45) is 0 Å². The molecule has 0 radical (unpaired) electrons. The van der Waals surface area contributed by atoms with Crippen molar-refractivity contribution < 1.29 is 4.39 Å². The number of H-pyrrole nitrogens is 1. The van der Waals surface area contributed by atoms with E-state index in [2.05, 4.69) is 10.1 Å². The van der Waals surface area contributed by atoms with E-state index in [1.165, 1.54) is 10.6 Å².